The molecule has 3 rings (SSSR count). The van der Waals surface area contributed by atoms with Crippen molar-refractivity contribution in [1.29, 1.82) is 0 Å². The van der Waals surface area contributed by atoms with Crippen LogP contribution in [0.5, 0.6) is 5.75 Å². The van der Waals surface area contributed by atoms with Gasteiger partial charge < -0.3 is 15.4 Å². The standard InChI is InChI=1S/C20H18N4O3S/c1-13-22-16(12-28-13)6-8-19(25)23-15-5-7-17(18(10-15)27-2)24-20(26)14-4-3-9-21-11-14/h3-12H,1-2H3,(H,23,25)(H,24,26)/b8-6+. The number of aromatic nitrogens is 2. The van der Waals surface area contributed by atoms with Crippen molar-refractivity contribution in [2.75, 3.05) is 17.7 Å². The number of nitrogens with zero attached hydrogens (tertiary/aromatic N) is 2. The van der Waals surface area contributed by atoms with Gasteiger partial charge in [0.05, 0.1) is 29.1 Å². The van der Waals surface area contributed by atoms with Crippen LogP contribution in [0.3, 0.4) is 0 Å². The first-order valence-electron chi connectivity index (χ1n) is 8.36. The summed E-state index contributed by atoms with van der Waals surface area (Å²) in [4.78, 5) is 32.6. The van der Waals surface area contributed by atoms with Crippen LogP contribution in [-0.4, -0.2) is 28.9 Å². The Labute approximate surface area is 166 Å². The highest BCUT2D eigenvalue weighted by atomic mass is 32.1. The fourth-order valence-corrected chi connectivity index (χ4v) is 2.95. The Balaban J connectivity index is 1.67. The van der Waals surface area contributed by atoms with Gasteiger partial charge in [-0.05, 0) is 37.3 Å². The number of hydrogen-bond donors (Lipinski definition) is 2. The third kappa shape index (κ3) is 5.01. The lowest BCUT2D eigenvalue weighted by Crippen LogP contribution is -2.13. The predicted molar refractivity (Wildman–Crippen MR) is 110 cm³/mol. The van der Waals surface area contributed by atoms with Crippen LogP contribution in [0.15, 0.2) is 54.2 Å². The first kappa shape index (κ1) is 19.2. The van der Waals surface area contributed by atoms with Gasteiger partial charge in [-0.15, -0.1) is 11.3 Å². The predicted octanol–water partition coefficient (Wildman–Crippen LogP) is 3.76. The highest BCUT2D eigenvalue weighted by molar-refractivity contribution is 7.09. The molecule has 2 heterocycles. The summed E-state index contributed by atoms with van der Waals surface area (Å²) in [6, 6.07) is 8.33. The average molecular weight is 394 g/mol. The summed E-state index contributed by atoms with van der Waals surface area (Å²) in [5.74, 6) is -0.168. The highest BCUT2D eigenvalue weighted by Crippen LogP contribution is 2.28. The molecule has 0 atom stereocenters. The second-order valence-corrected chi connectivity index (χ2v) is 6.79. The quantitative estimate of drug-likeness (QED) is 0.621. The molecule has 8 heteroatoms. The van der Waals surface area contributed by atoms with E-state index in [1.807, 2.05) is 12.3 Å². The van der Waals surface area contributed by atoms with Gasteiger partial charge in [-0.3, -0.25) is 14.6 Å². The number of hydrogen-bond acceptors (Lipinski definition) is 6. The van der Waals surface area contributed by atoms with Crippen molar-refractivity contribution < 1.29 is 14.3 Å². The maximum atomic E-state index is 12.3. The Morgan fingerprint density at radius 1 is 1.21 bits per heavy atom. The van der Waals surface area contributed by atoms with Gasteiger partial charge in [-0.25, -0.2) is 4.98 Å². The number of benzene rings is 1. The Kier molecular flexibility index (Phi) is 6.13. The fourth-order valence-electron chi connectivity index (χ4n) is 2.37. The van der Waals surface area contributed by atoms with Crippen LogP contribution in [-0.2, 0) is 4.79 Å². The van der Waals surface area contributed by atoms with E-state index in [1.54, 1.807) is 42.6 Å². The summed E-state index contributed by atoms with van der Waals surface area (Å²) >= 11 is 1.52. The summed E-state index contributed by atoms with van der Waals surface area (Å²) in [5, 5.41) is 8.34. The molecule has 0 aliphatic rings. The number of methoxy groups -OCH3 is 1. The molecule has 0 unspecified atom stereocenters. The molecule has 2 amide bonds. The Hall–Kier alpha value is -3.52. The summed E-state index contributed by atoms with van der Waals surface area (Å²) < 4.78 is 5.33. The van der Waals surface area contributed by atoms with Gasteiger partial charge >= 0.3 is 0 Å². The van der Waals surface area contributed by atoms with Crippen molar-refractivity contribution in [3.8, 4) is 5.75 Å². The molecule has 0 bridgehead atoms. The fraction of sp³-hybridized carbons (Fsp3) is 0.100. The Morgan fingerprint density at radius 2 is 2.07 bits per heavy atom. The van der Waals surface area contributed by atoms with Crippen LogP contribution in [0.4, 0.5) is 11.4 Å². The number of nitrogens with one attached hydrogen (secondary N) is 2. The highest BCUT2D eigenvalue weighted by Gasteiger charge is 2.11. The minimum Gasteiger partial charge on any atom is -0.494 e. The zero-order valence-electron chi connectivity index (χ0n) is 15.3. The molecule has 7 nitrogen and oxygen atoms in total. The van der Waals surface area contributed by atoms with Gasteiger partial charge in [0, 0.05) is 35.6 Å². The van der Waals surface area contributed by atoms with Crippen LogP contribution < -0.4 is 15.4 Å². The minimum absolute atomic E-state index is 0.292. The number of rotatable bonds is 6. The molecule has 142 valence electrons. The smallest absolute Gasteiger partial charge is 0.257 e. The molecule has 3 aromatic rings. The molecular formula is C20H18N4O3S. The lowest BCUT2D eigenvalue weighted by Gasteiger charge is -2.12. The van der Waals surface area contributed by atoms with E-state index in [0.29, 0.717) is 22.7 Å². The average Bonchev–Trinajstić information content (AvgIpc) is 3.13. The molecule has 28 heavy (non-hydrogen) atoms. The third-order valence-electron chi connectivity index (χ3n) is 3.68. The van der Waals surface area contributed by atoms with Crippen LogP contribution in [0.2, 0.25) is 0 Å². The number of amides is 2. The Bertz CT molecular complexity index is 1020. The van der Waals surface area contributed by atoms with E-state index in [1.165, 1.54) is 30.7 Å². The molecular weight excluding hydrogens is 376 g/mol. The molecule has 0 spiro atoms. The summed E-state index contributed by atoms with van der Waals surface area (Å²) in [6.45, 7) is 1.91. The number of ether oxygens (including phenoxy) is 1. The monoisotopic (exact) mass is 394 g/mol. The number of carbonyl (C=O) groups is 2. The number of anilines is 2. The molecule has 0 aliphatic heterocycles. The second kappa shape index (κ2) is 8.92. The van der Waals surface area contributed by atoms with E-state index in [4.69, 9.17) is 4.74 Å². The van der Waals surface area contributed by atoms with Gasteiger partial charge in [0.1, 0.15) is 5.75 Å². The largest absolute Gasteiger partial charge is 0.494 e. The second-order valence-electron chi connectivity index (χ2n) is 5.72. The third-order valence-corrected chi connectivity index (χ3v) is 4.47. The van der Waals surface area contributed by atoms with Crippen LogP contribution in [0, 0.1) is 6.92 Å². The van der Waals surface area contributed by atoms with E-state index in [0.717, 1.165) is 10.7 Å². The van der Waals surface area contributed by atoms with Gasteiger partial charge in [0.25, 0.3) is 5.91 Å². The molecule has 2 N–H and O–H groups in total. The normalized spacial score (nSPS) is 10.6. The van der Waals surface area contributed by atoms with E-state index in [9.17, 15) is 9.59 Å². The van der Waals surface area contributed by atoms with Crippen molar-refractivity contribution in [2.24, 2.45) is 0 Å². The van der Waals surface area contributed by atoms with Crippen molar-refractivity contribution in [2.45, 2.75) is 6.92 Å². The lowest BCUT2D eigenvalue weighted by molar-refractivity contribution is -0.111. The van der Waals surface area contributed by atoms with Crippen LogP contribution >= 0.6 is 11.3 Å². The van der Waals surface area contributed by atoms with Crippen molar-refractivity contribution in [1.82, 2.24) is 9.97 Å². The number of pyridine rings is 1. The number of carbonyl (C=O) groups excluding carboxylic acids is 2. The zero-order chi connectivity index (χ0) is 19.9. The van der Waals surface area contributed by atoms with E-state index in [-0.39, 0.29) is 11.8 Å². The number of aryl methyl sites for hydroxylation is 1. The summed E-state index contributed by atoms with van der Waals surface area (Å²) in [5.41, 5.74) is 2.20. The maximum Gasteiger partial charge on any atom is 0.257 e. The molecule has 2 aromatic heterocycles. The first-order chi connectivity index (χ1) is 13.5. The topological polar surface area (TPSA) is 93.2 Å². The van der Waals surface area contributed by atoms with E-state index >= 15 is 0 Å². The zero-order valence-corrected chi connectivity index (χ0v) is 16.1. The van der Waals surface area contributed by atoms with Crippen molar-refractivity contribution >= 4 is 40.6 Å². The SMILES string of the molecule is COc1cc(NC(=O)/C=C/c2csc(C)n2)ccc1NC(=O)c1cccnc1. The lowest BCUT2D eigenvalue weighted by atomic mass is 10.2. The van der Waals surface area contributed by atoms with E-state index < -0.39 is 0 Å². The summed E-state index contributed by atoms with van der Waals surface area (Å²) in [6.07, 6.45) is 6.14. The van der Waals surface area contributed by atoms with Crippen molar-refractivity contribution in [3.63, 3.8) is 0 Å². The molecule has 0 radical (unpaired) electrons. The molecule has 1 aromatic carbocycles. The molecule has 0 saturated carbocycles. The van der Waals surface area contributed by atoms with Gasteiger partial charge in [-0.2, -0.15) is 0 Å². The van der Waals surface area contributed by atoms with E-state index in [2.05, 4.69) is 20.6 Å². The minimum atomic E-state index is -0.301. The van der Waals surface area contributed by atoms with Crippen LogP contribution in [0.25, 0.3) is 6.08 Å². The molecule has 0 aliphatic carbocycles. The maximum absolute atomic E-state index is 12.3. The van der Waals surface area contributed by atoms with Gasteiger partial charge in [0.2, 0.25) is 5.91 Å². The van der Waals surface area contributed by atoms with Crippen molar-refractivity contribution in [3.05, 3.63) is 70.4 Å². The molecule has 0 saturated heterocycles. The number of thiazole rings is 1. The summed E-state index contributed by atoms with van der Waals surface area (Å²) in [7, 11) is 1.49. The van der Waals surface area contributed by atoms with Gasteiger partial charge in [0.15, 0.2) is 0 Å². The van der Waals surface area contributed by atoms with Crippen LogP contribution in [0.1, 0.15) is 21.1 Å². The first-order valence-corrected chi connectivity index (χ1v) is 9.24. The molecule has 0 fully saturated rings. The van der Waals surface area contributed by atoms with Gasteiger partial charge in [-0.1, -0.05) is 0 Å². The Morgan fingerprint density at radius 3 is 2.75 bits per heavy atom.